The molecule has 33 heavy (non-hydrogen) atoms. The lowest BCUT2D eigenvalue weighted by Crippen LogP contribution is -2.09. The van der Waals surface area contributed by atoms with Gasteiger partial charge in [-0.1, -0.05) is 41.4 Å². The number of carbonyl (C=O) groups is 1. The lowest BCUT2D eigenvalue weighted by Gasteiger charge is -2.16. The molecule has 0 aliphatic rings. The van der Waals surface area contributed by atoms with Crippen molar-refractivity contribution in [2.45, 2.75) is 20.5 Å². The van der Waals surface area contributed by atoms with Crippen LogP contribution in [0.1, 0.15) is 28.4 Å². The van der Waals surface area contributed by atoms with Crippen molar-refractivity contribution < 1.29 is 14.3 Å². The molecular weight excluding hydrogens is 459 g/mol. The maximum atomic E-state index is 12.6. The van der Waals surface area contributed by atoms with Crippen LogP contribution in [-0.4, -0.2) is 17.6 Å². The molecule has 1 N–H and O–H groups in total. The smallest absolute Gasteiger partial charge is 0.341 e. The SMILES string of the molecule is CCOC(=O)c1cnc2c(C)cc(Cl)cc2c1Nc1ccc(OCc2ccccc2Cl)cc1. The summed E-state index contributed by atoms with van der Waals surface area (Å²) >= 11 is 12.5. The number of aryl methyl sites for hydroxylation is 1. The number of nitrogens with one attached hydrogen (secondary N) is 1. The van der Waals surface area contributed by atoms with Gasteiger partial charge in [-0.25, -0.2) is 4.79 Å². The number of rotatable bonds is 7. The number of fused-ring (bicyclic) bond motifs is 1. The Morgan fingerprint density at radius 1 is 1.06 bits per heavy atom. The Morgan fingerprint density at radius 3 is 2.55 bits per heavy atom. The molecule has 0 aliphatic heterocycles. The van der Waals surface area contributed by atoms with Crippen molar-refractivity contribution in [3.63, 3.8) is 0 Å². The van der Waals surface area contributed by atoms with E-state index in [-0.39, 0.29) is 6.61 Å². The maximum absolute atomic E-state index is 12.6. The summed E-state index contributed by atoms with van der Waals surface area (Å²) < 4.78 is 11.1. The topological polar surface area (TPSA) is 60.5 Å². The van der Waals surface area contributed by atoms with Gasteiger partial charge >= 0.3 is 5.97 Å². The Labute approximate surface area is 202 Å². The summed E-state index contributed by atoms with van der Waals surface area (Å²) in [5.41, 5.74) is 4.29. The van der Waals surface area contributed by atoms with Crippen LogP contribution in [0.3, 0.4) is 0 Å². The van der Waals surface area contributed by atoms with Crippen LogP contribution in [0.2, 0.25) is 10.0 Å². The number of hydrogen-bond acceptors (Lipinski definition) is 5. The summed E-state index contributed by atoms with van der Waals surface area (Å²) in [4.78, 5) is 17.1. The highest BCUT2D eigenvalue weighted by atomic mass is 35.5. The minimum Gasteiger partial charge on any atom is -0.489 e. The maximum Gasteiger partial charge on any atom is 0.341 e. The van der Waals surface area contributed by atoms with Gasteiger partial charge in [-0.2, -0.15) is 0 Å². The number of carbonyl (C=O) groups excluding carboxylic acids is 1. The van der Waals surface area contributed by atoms with Crippen molar-refractivity contribution >= 4 is 51.4 Å². The molecule has 0 saturated heterocycles. The number of nitrogens with zero attached hydrogens (tertiary/aromatic N) is 1. The van der Waals surface area contributed by atoms with Gasteiger partial charge < -0.3 is 14.8 Å². The quantitative estimate of drug-likeness (QED) is 0.280. The molecule has 4 rings (SSSR count). The number of esters is 1. The Balaban J connectivity index is 1.63. The van der Waals surface area contributed by atoms with Crippen LogP contribution in [0.5, 0.6) is 5.75 Å². The Bertz CT molecular complexity index is 1310. The third-order valence-corrected chi connectivity index (χ3v) is 5.68. The highest BCUT2D eigenvalue weighted by molar-refractivity contribution is 6.32. The normalized spacial score (nSPS) is 10.8. The predicted molar refractivity (Wildman–Crippen MR) is 133 cm³/mol. The van der Waals surface area contributed by atoms with Crippen LogP contribution in [0.15, 0.2) is 66.9 Å². The predicted octanol–water partition coefficient (Wildman–Crippen LogP) is 7.35. The molecule has 7 heteroatoms. The lowest BCUT2D eigenvalue weighted by atomic mass is 10.1. The number of aromatic nitrogens is 1. The zero-order chi connectivity index (χ0) is 23.4. The van der Waals surface area contributed by atoms with Crippen molar-refractivity contribution in [1.29, 1.82) is 0 Å². The summed E-state index contributed by atoms with van der Waals surface area (Å²) in [6, 6.07) is 18.7. The van der Waals surface area contributed by atoms with E-state index >= 15 is 0 Å². The molecule has 4 aromatic rings. The van der Waals surface area contributed by atoms with Crippen molar-refractivity contribution in [1.82, 2.24) is 4.98 Å². The van der Waals surface area contributed by atoms with Crippen LogP contribution in [0, 0.1) is 6.92 Å². The molecule has 0 radical (unpaired) electrons. The second kappa shape index (κ2) is 10.1. The van der Waals surface area contributed by atoms with E-state index in [1.54, 1.807) is 13.0 Å². The van der Waals surface area contributed by atoms with Crippen LogP contribution in [0.25, 0.3) is 10.9 Å². The first-order valence-corrected chi connectivity index (χ1v) is 11.2. The van der Waals surface area contributed by atoms with Crippen molar-refractivity contribution in [3.05, 3.63) is 93.6 Å². The van der Waals surface area contributed by atoms with E-state index in [0.29, 0.717) is 33.7 Å². The first-order valence-electron chi connectivity index (χ1n) is 10.5. The number of pyridine rings is 1. The highest BCUT2D eigenvalue weighted by Gasteiger charge is 2.18. The highest BCUT2D eigenvalue weighted by Crippen LogP contribution is 2.33. The average molecular weight is 481 g/mol. The second-order valence-electron chi connectivity index (χ2n) is 7.42. The van der Waals surface area contributed by atoms with E-state index in [2.05, 4.69) is 10.3 Å². The summed E-state index contributed by atoms with van der Waals surface area (Å²) in [5.74, 6) is 0.247. The minimum atomic E-state index is -0.452. The molecule has 1 aromatic heterocycles. The molecule has 0 atom stereocenters. The fourth-order valence-corrected chi connectivity index (χ4v) is 3.95. The summed E-state index contributed by atoms with van der Waals surface area (Å²) in [7, 11) is 0. The average Bonchev–Trinajstić information content (AvgIpc) is 2.80. The van der Waals surface area contributed by atoms with E-state index in [1.807, 2.05) is 61.5 Å². The summed E-state index contributed by atoms with van der Waals surface area (Å²) in [6.07, 6.45) is 1.53. The standard InChI is InChI=1S/C26H22Cl2N2O3/c1-3-32-26(31)22-14-29-24-16(2)12-18(27)13-21(24)25(22)30-19-8-10-20(11-9-19)33-15-17-6-4-5-7-23(17)28/h4-14H,3,15H2,1-2H3,(H,29,30). The zero-order valence-corrected chi connectivity index (χ0v) is 19.7. The van der Waals surface area contributed by atoms with Gasteiger partial charge in [0.05, 0.1) is 17.8 Å². The number of ether oxygens (including phenoxy) is 2. The molecule has 1 heterocycles. The van der Waals surface area contributed by atoms with Gasteiger partial charge in [0, 0.05) is 32.9 Å². The summed E-state index contributed by atoms with van der Waals surface area (Å²) in [5, 5.41) is 5.32. The van der Waals surface area contributed by atoms with E-state index < -0.39 is 5.97 Å². The molecule has 0 amide bonds. The molecule has 168 valence electrons. The number of halogens is 2. The molecule has 0 aliphatic carbocycles. The van der Waals surface area contributed by atoms with Crippen LogP contribution >= 0.6 is 23.2 Å². The first kappa shape index (κ1) is 22.9. The Hall–Kier alpha value is -3.28. The van der Waals surface area contributed by atoms with E-state index in [1.165, 1.54) is 6.20 Å². The summed E-state index contributed by atoms with van der Waals surface area (Å²) in [6.45, 7) is 4.33. The largest absolute Gasteiger partial charge is 0.489 e. The third kappa shape index (κ3) is 5.21. The van der Waals surface area contributed by atoms with Gasteiger partial charge in [-0.15, -0.1) is 0 Å². The fraction of sp³-hybridized carbons (Fsp3) is 0.154. The third-order valence-electron chi connectivity index (χ3n) is 5.10. The minimum absolute atomic E-state index is 0.266. The first-order chi connectivity index (χ1) is 16.0. The number of anilines is 2. The van der Waals surface area contributed by atoms with Crippen LogP contribution in [0.4, 0.5) is 11.4 Å². The van der Waals surface area contributed by atoms with Gasteiger partial charge in [-0.05, 0) is 61.9 Å². The second-order valence-corrected chi connectivity index (χ2v) is 8.26. The van der Waals surface area contributed by atoms with Crippen LogP contribution < -0.4 is 10.1 Å². The van der Waals surface area contributed by atoms with E-state index in [9.17, 15) is 4.79 Å². The van der Waals surface area contributed by atoms with Gasteiger partial charge in [0.25, 0.3) is 0 Å². The van der Waals surface area contributed by atoms with Crippen molar-refractivity contribution in [2.24, 2.45) is 0 Å². The van der Waals surface area contributed by atoms with Gasteiger partial charge in [0.1, 0.15) is 17.9 Å². The molecule has 0 saturated carbocycles. The van der Waals surface area contributed by atoms with Crippen molar-refractivity contribution in [3.8, 4) is 5.75 Å². The molecule has 0 fully saturated rings. The van der Waals surface area contributed by atoms with Gasteiger partial charge in [0.2, 0.25) is 0 Å². The molecule has 3 aromatic carbocycles. The lowest BCUT2D eigenvalue weighted by molar-refractivity contribution is 0.0527. The molecule has 0 unspecified atom stereocenters. The van der Waals surface area contributed by atoms with Crippen LogP contribution in [-0.2, 0) is 11.3 Å². The molecule has 5 nitrogen and oxygen atoms in total. The fourth-order valence-electron chi connectivity index (χ4n) is 3.49. The van der Waals surface area contributed by atoms with E-state index in [4.69, 9.17) is 32.7 Å². The zero-order valence-electron chi connectivity index (χ0n) is 18.2. The Morgan fingerprint density at radius 2 is 1.82 bits per heavy atom. The van der Waals surface area contributed by atoms with E-state index in [0.717, 1.165) is 27.7 Å². The number of benzene rings is 3. The van der Waals surface area contributed by atoms with Gasteiger partial charge in [-0.3, -0.25) is 4.98 Å². The monoisotopic (exact) mass is 480 g/mol. The number of hydrogen-bond donors (Lipinski definition) is 1. The van der Waals surface area contributed by atoms with Gasteiger partial charge in [0.15, 0.2) is 0 Å². The Kier molecular flexibility index (Phi) is 7.02. The molecular formula is C26H22Cl2N2O3. The molecule has 0 bridgehead atoms. The molecule has 0 spiro atoms. The van der Waals surface area contributed by atoms with Crippen molar-refractivity contribution in [2.75, 3.05) is 11.9 Å².